The van der Waals surface area contributed by atoms with Crippen molar-refractivity contribution >= 4 is 17.0 Å². The maximum atomic E-state index is 13.1. The molecule has 176 valence electrons. The lowest BCUT2D eigenvalue weighted by molar-refractivity contribution is 0.0646. The van der Waals surface area contributed by atoms with Crippen LogP contribution in [0.15, 0.2) is 46.5 Å². The molecule has 0 spiro atoms. The number of benzene rings is 1. The summed E-state index contributed by atoms with van der Waals surface area (Å²) in [7, 11) is 0. The zero-order chi connectivity index (χ0) is 24.2. The van der Waals surface area contributed by atoms with Gasteiger partial charge in [-0.1, -0.05) is 32.6 Å². The molecule has 0 fully saturated rings. The molecule has 7 nitrogen and oxygen atoms in total. The minimum atomic E-state index is -0.555. The number of hydrogen-bond donors (Lipinski definition) is 2. The van der Waals surface area contributed by atoms with Gasteiger partial charge in [0.15, 0.2) is 0 Å². The Morgan fingerprint density at radius 3 is 2.61 bits per heavy atom. The molecule has 1 aliphatic rings. The standard InChI is InChI=1S/C22H24FN5O2S.C2H6/c1-14(24-10-15-4-6-16(23)7-5-15)18-19(29)20(30)28-9-8-27(11-17-12-31-13-25-17)22(2,3)21(28)26-18;1-2/h4-7,12-13,24,29H,1,8-11H2,2-3H3;1-2H3. The third-order valence-electron chi connectivity index (χ3n) is 5.62. The van der Waals surface area contributed by atoms with Crippen LogP contribution in [0.3, 0.4) is 0 Å². The number of aromatic nitrogens is 3. The molecule has 0 saturated carbocycles. The van der Waals surface area contributed by atoms with E-state index in [1.165, 1.54) is 16.7 Å². The largest absolute Gasteiger partial charge is 0.501 e. The Morgan fingerprint density at radius 2 is 1.97 bits per heavy atom. The van der Waals surface area contributed by atoms with E-state index in [4.69, 9.17) is 0 Å². The van der Waals surface area contributed by atoms with Crippen molar-refractivity contribution in [1.82, 2.24) is 24.8 Å². The first kappa shape index (κ1) is 24.6. The molecule has 3 heterocycles. The molecule has 1 aromatic carbocycles. The van der Waals surface area contributed by atoms with Gasteiger partial charge in [0.2, 0.25) is 5.75 Å². The Bertz CT molecular complexity index is 1160. The van der Waals surface area contributed by atoms with Crippen molar-refractivity contribution in [3.63, 3.8) is 0 Å². The molecule has 9 heteroatoms. The van der Waals surface area contributed by atoms with Crippen molar-refractivity contribution in [3.8, 4) is 5.75 Å². The molecule has 2 N–H and O–H groups in total. The minimum absolute atomic E-state index is 0.127. The number of halogens is 1. The Kier molecular flexibility index (Phi) is 7.65. The van der Waals surface area contributed by atoms with Crippen molar-refractivity contribution in [2.24, 2.45) is 0 Å². The van der Waals surface area contributed by atoms with Crippen LogP contribution in [-0.4, -0.2) is 31.1 Å². The van der Waals surface area contributed by atoms with Crippen LogP contribution in [0.4, 0.5) is 4.39 Å². The monoisotopic (exact) mass is 471 g/mol. The van der Waals surface area contributed by atoms with E-state index in [1.54, 1.807) is 29.0 Å². The van der Waals surface area contributed by atoms with E-state index in [-0.39, 0.29) is 11.5 Å². The highest BCUT2D eigenvalue weighted by Crippen LogP contribution is 2.32. The molecule has 0 unspecified atom stereocenters. The van der Waals surface area contributed by atoms with Crippen molar-refractivity contribution < 1.29 is 9.50 Å². The summed E-state index contributed by atoms with van der Waals surface area (Å²) < 4.78 is 14.6. The number of thiazole rings is 1. The third-order valence-corrected chi connectivity index (χ3v) is 6.25. The Labute approximate surface area is 197 Å². The summed E-state index contributed by atoms with van der Waals surface area (Å²) in [6, 6.07) is 6.06. The van der Waals surface area contributed by atoms with E-state index in [0.717, 1.165) is 11.3 Å². The van der Waals surface area contributed by atoms with Gasteiger partial charge in [-0.15, -0.1) is 11.3 Å². The van der Waals surface area contributed by atoms with Gasteiger partial charge in [0, 0.05) is 31.6 Å². The number of fused-ring (bicyclic) bond motifs is 1. The highest BCUT2D eigenvalue weighted by molar-refractivity contribution is 7.07. The maximum Gasteiger partial charge on any atom is 0.296 e. The summed E-state index contributed by atoms with van der Waals surface area (Å²) in [4.78, 5) is 24.1. The quantitative estimate of drug-likeness (QED) is 0.564. The maximum absolute atomic E-state index is 13.1. The number of nitrogens with one attached hydrogen (secondary N) is 1. The van der Waals surface area contributed by atoms with Crippen LogP contribution < -0.4 is 10.9 Å². The highest BCUT2D eigenvalue weighted by Gasteiger charge is 2.38. The lowest BCUT2D eigenvalue weighted by Crippen LogP contribution is -2.52. The van der Waals surface area contributed by atoms with Crippen LogP contribution in [-0.2, 0) is 25.2 Å². The molecule has 0 bridgehead atoms. The van der Waals surface area contributed by atoms with Gasteiger partial charge in [-0.25, -0.2) is 14.4 Å². The van der Waals surface area contributed by atoms with Crippen LogP contribution in [0.2, 0.25) is 0 Å². The molecule has 3 aromatic rings. The van der Waals surface area contributed by atoms with Crippen molar-refractivity contribution in [1.29, 1.82) is 0 Å². The van der Waals surface area contributed by atoms with Gasteiger partial charge in [-0.3, -0.25) is 14.3 Å². The normalized spacial score (nSPS) is 14.7. The molecule has 2 aromatic heterocycles. The first-order valence-electron chi connectivity index (χ1n) is 10.9. The summed E-state index contributed by atoms with van der Waals surface area (Å²) in [6.45, 7) is 14.0. The van der Waals surface area contributed by atoms with E-state index in [0.29, 0.717) is 37.7 Å². The SMILES string of the molecule is C=C(NCc1ccc(F)cc1)c1nc2n(c(=O)c1O)CCN(Cc1cscn1)C2(C)C.CC. The molecule has 0 radical (unpaired) electrons. The van der Waals surface area contributed by atoms with E-state index < -0.39 is 16.8 Å². The molecule has 0 amide bonds. The molecule has 0 atom stereocenters. The van der Waals surface area contributed by atoms with E-state index >= 15 is 0 Å². The molecule has 4 rings (SSSR count). The first-order chi connectivity index (χ1) is 15.8. The first-order valence-corrected chi connectivity index (χ1v) is 11.9. The van der Waals surface area contributed by atoms with Crippen molar-refractivity contribution in [2.75, 3.05) is 6.54 Å². The smallest absolute Gasteiger partial charge is 0.296 e. The lowest BCUT2D eigenvalue weighted by atomic mass is 9.97. The molecule has 0 aliphatic carbocycles. The molecular formula is C24H30FN5O2S. The fourth-order valence-electron chi connectivity index (χ4n) is 3.75. The van der Waals surface area contributed by atoms with Crippen molar-refractivity contribution in [2.45, 2.75) is 52.9 Å². The van der Waals surface area contributed by atoms with Gasteiger partial charge in [0.05, 0.1) is 22.4 Å². The average molecular weight is 472 g/mol. The summed E-state index contributed by atoms with van der Waals surface area (Å²) in [5.74, 6) is -0.172. The molecular weight excluding hydrogens is 441 g/mol. The highest BCUT2D eigenvalue weighted by atomic mass is 32.1. The van der Waals surface area contributed by atoms with E-state index in [9.17, 15) is 14.3 Å². The Morgan fingerprint density at radius 1 is 1.27 bits per heavy atom. The predicted molar refractivity (Wildman–Crippen MR) is 129 cm³/mol. The number of nitrogens with zero attached hydrogens (tertiary/aromatic N) is 4. The number of aromatic hydroxyl groups is 1. The summed E-state index contributed by atoms with van der Waals surface area (Å²) >= 11 is 1.55. The lowest BCUT2D eigenvalue weighted by Gasteiger charge is -2.43. The number of hydrogen-bond acceptors (Lipinski definition) is 7. The Balaban J connectivity index is 0.00000149. The summed E-state index contributed by atoms with van der Waals surface area (Å²) in [6.07, 6.45) is 0. The van der Waals surface area contributed by atoms with Crippen LogP contribution in [0, 0.1) is 5.82 Å². The fourth-order valence-corrected chi connectivity index (χ4v) is 4.30. The van der Waals surface area contributed by atoms with Gasteiger partial charge >= 0.3 is 0 Å². The summed E-state index contributed by atoms with van der Waals surface area (Å²) in [5.41, 5.74) is 3.03. The van der Waals surface area contributed by atoms with Gasteiger partial charge in [-0.05, 0) is 31.5 Å². The average Bonchev–Trinajstić information content (AvgIpc) is 3.32. The minimum Gasteiger partial charge on any atom is -0.501 e. The molecule has 0 saturated heterocycles. The molecule has 1 aliphatic heterocycles. The third kappa shape index (κ3) is 5.15. The zero-order valence-corrected chi connectivity index (χ0v) is 20.2. The van der Waals surface area contributed by atoms with Crippen LogP contribution >= 0.6 is 11.3 Å². The second-order valence-electron chi connectivity index (χ2n) is 8.01. The van der Waals surface area contributed by atoms with Crippen LogP contribution in [0.5, 0.6) is 5.75 Å². The van der Waals surface area contributed by atoms with E-state index in [2.05, 4.69) is 26.8 Å². The van der Waals surface area contributed by atoms with Crippen molar-refractivity contribution in [3.05, 3.63) is 80.7 Å². The van der Waals surface area contributed by atoms with Gasteiger partial charge < -0.3 is 10.4 Å². The predicted octanol–water partition coefficient (Wildman–Crippen LogP) is 4.08. The molecule has 33 heavy (non-hydrogen) atoms. The van der Waals surface area contributed by atoms with Gasteiger partial charge in [0.25, 0.3) is 5.56 Å². The van der Waals surface area contributed by atoms with Crippen LogP contribution in [0.25, 0.3) is 5.70 Å². The van der Waals surface area contributed by atoms with Gasteiger partial charge in [-0.2, -0.15) is 0 Å². The summed E-state index contributed by atoms with van der Waals surface area (Å²) in [5, 5.41) is 15.6. The van der Waals surface area contributed by atoms with E-state index in [1.807, 2.05) is 33.1 Å². The second kappa shape index (κ2) is 10.3. The second-order valence-corrected chi connectivity index (χ2v) is 8.73. The zero-order valence-electron chi connectivity index (χ0n) is 19.4. The Hall–Kier alpha value is -3.04. The number of rotatable bonds is 6. The fraction of sp³-hybridized carbons (Fsp3) is 0.375. The topological polar surface area (TPSA) is 83.3 Å². The van der Waals surface area contributed by atoms with Crippen LogP contribution in [0.1, 0.15) is 50.5 Å². The van der Waals surface area contributed by atoms with Gasteiger partial charge in [0.1, 0.15) is 17.3 Å².